The third kappa shape index (κ3) is 17.8. The van der Waals surface area contributed by atoms with Crippen LogP contribution in [0.15, 0.2) is 47.7 Å². The van der Waals surface area contributed by atoms with Crippen LogP contribution >= 0.6 is 0 Å². The van der Waals surface area contributed by atoms with Crippen LogP contribution in [-0.4, -0.2) is 83.7 Å². The minimum absolute atomic E-state index is 0.0405. The molecule has 1 aromatic carbocycles. The van der Waals surface area contributed by atoms with Gasteiger partial charge in [0.05, 0.1) is 18.2 Å². The highest BCUT2D eigenvalue weighted by Crippen LogP contribution is 2.62. The maximum Gasteiger partial charge on any atom is 0.412 e. The van der Waals surface area contributed by atoms with Gasteiger partial charge in [-0.3, -0.25) is 4.79 Å². The topological polar surface area (TPSA) is 139 Å². The molecule has 6 atom stereocenters. The molecule has 11 nitrogen and oxygen atoms in total. The normalized spacial score (nSPS) is 22.4. The summed E-state index contributed by atoms with van der Waals surface area (Å²) in [5, 5.41) is 27.8. The maximum atomic E-state index is 14.4. The molecule has 0 unspecified atom stereocenters. The predicted octanol–water partition coefficient (Wildman–Crippen LogP) is 13.5. The van der Waals surface area contributed by atoms with Crippen molar-refractivity contribution in [2.24, 2.45) is 22.9 Å². The van der Waals surface area contributed by atoms with Gasteiger partial charge in [-0.15, -0.1) is 6.58 Å². The van der Waals surface area contributed by atoms with Crippen LogP contribution in [0.25, 0.3) is 0 Å². The smallest absolute Gasteiger partial charge is 0.412 e. The number of carbonyl (C=O) groups excluding carboxylic acids is 2. The average molecular weight is 950 g/mol. The number of hydrogen-bond acceptors (Lipinski definition) is 9. The summed E-state index contributed by atoms with van der Waals surface area (Å²) >= 11 is 0. The third-order valence-corrected chi connectivity index (χ3v) is 14.4. The molecule has 4 rings (SSSR count). The number of likely N-dealkylation sites (N-methyl/N-ethyl adjacent to an activating group) is 1. The fourth-order valence-electron chi connectivity index (χ4n) is 10.9. The molecular weight excluding hydrogens is 855 g/mol. The second-order valence-corrected chi connectivity index (χ2v) is 21.1. The molecule has 0 bridgehead atoms. The number of hydrogen-bond donors (Lipinski definition) is 3. The number of amides is 2. The van der Waals surface area contributed by atoms with Gasteiger partial charge in [-0.1, -0.05) is 153 Å². The lowest BCUT2D eigenvalue weighted by atomic mass is 9.55. The van der Waals surface area contributed by atoms with E-state index in [-0.39, 0.29) is 43.5 Å². The van der Waals surface area contributed by atoms with Crippen LogP contribution in [0.4, 0.5) is 4.79 Å². The van der Waals surface area contributed by atoms with E-state index in [1.807, 2.05) is 44.9 Å². The van der Waals surface area contributed by atoms with Crippen molar-refractivity contribution in [2.75, 3.05) is 33.4 Å². The van der Waals surface area contributed by atoms with Crippen LogP contribution in [0.5, 0.6) is 11.5 Å². The van der Waals surface area contributed by atoms with E-state index in [9.17, 15) is 19.8 Å². The summed E-state index contributed by atoms with van der Waals surface area (Å²) in [7, 11) is 1.88. The first-order valence-corrected chi connectivity index (χ1v) is 27.4. The molecule has 1 aliphatic heterocycles. The van der Waals surface area contributed by atoms with E-state index in [2.05, 4.69) is 31.8 Å². The first-order valence-electron chi connectivity index (χ1n) is 27.4. The number of oxime groups is 1. The summed E-state index contributed by atoms with van der Waals surface area (Å²) in [6, 6.07) is 5.09. The fourth-order valence-corrected chi connectivity index (χ4v) is 10.9. The van der Waals surface area contributed by atoms with Crippen molar-refractivity contribution in [3.05, 3.63) is 48.1 Å². The molecule has 1 saturated carbocycles. The number of aliphatic hydroxyl groups excluding tert-OH is 2. The highest BCUT2D eigenvalue weighted by Gasteiger charge is 2.65. The molecule has 0 spiro atoms. The minimum atomic E-state index is -1.32. The second-order valence-electron chi connectivity index (χ2n) is 21.1. The summed E-state index contributed by atoms with van der Waals surface area (Å²) in [6.45, 7) is 15.5. The van der Waals surface area contributed by atoms with Gasteiger partial charge in [0.25, 0.3) is 0 Å². The Labute approximate surface area is 412 Å². The lowest BCUT2D eigenvalue weighted by Gasteiger charge is -2.59. The number of unbranched alkanes of at least 4 members (excludes halogenated alkanes) is 19. The Bertz CT molecular complexity index is 1690. The van der Waals surface area contributed by atoms with Gasteiger partial charge in [0, 0.05) is 51.1 Å². The molecule has 0 radical (unpaired) electrons. The van der Waals surface area contributed by atoms with Crippen molar-refractivity contribution in [2.45, 2.75) is 231 Å². The summed E-state index contributed by atoms with van der Waals surface area (Å²) in [6.07, 6.45) is 31.9. The number of carbonyl (C=O) groups is 2. The Balaban J connectivity index is 1.70. The van der Waals surface area contributed by atoms with Gasteiger partial charge in [0.15, 0.2) is 0 Å². The van der Waals surface area contributed by atoms with Crippen LogP contribution in [-0.2, 0) is 14.4 Å². The molecule has 2 amide bonds. The predicted molar refractivity (Wildman–Crippen MR) is 276 cm³/mol. The lowest BCUT2D eigenvalue weighted by molar-refractivity contribution is -0.255. The number of ether oxygens (including phenoxy) is 3. The molecule has 0 saturated heterocycles. The lowest BCUT2D eigenvalue weighted by Crippen LogP contribution is -2.69. The Hall–Kier alpha value is -3.41. The molecule has 1 aromatic rings. The van der Waals surface area contributed by atoms with E-state index in [1.165, 1.54) is 89.9 Å². The third-order valence-electron chi connectivity index (χ3n) is 14.4. The zero-order chi connectivity index (χ0) is 49.2. The number of aliphatic hydroxyl groups is 2. The number of benzene rings is 1. The van der Waals surface area contributed by atoms with E-state index in [4.69, 9.17) is 24.2 Å². The fraction of sp³-hybridized carbons (Fsp3) is 0.772. The molecule has 68 heavy (non-hydrogen) atoms. The number of fused-ring (bicyclic) bond motifs is 2. The summed E-state index contributed by atoms with van der Waals surface area (Å²) in [5.41, 5.74) is 2.11. The van der Waals surface area contributed by atoms with Crippen LogP contribution < -0.4 is 14.8 Å². The molecule has 3 N–H and O–H groups in total. The van der Waals surface area contributed by atoms with Gasteiger partial charge in [-0.2, -0.15) is 0 Å². The van der Waals surface area contributed by atoms with Crippen molar-refractivity contribution < 1.29 is 38.9 Å². The molecule has 0 aromatic heterocycles. The molecule has 1 heterocycles. The van der Waals surface area contributed by atoms with Crippen LogP contribution in [0.1, 0.15) is 219 Å². The van der Waals surface area contributed by atoms with Crippen LogP contribution in [0.3, 0.4) is 0 Å². The van der Waals surface area contributed by atoms with Gasteiger partial charge in [-0.05, 0) is 94.9 Å². The Kier molecular flexibility index (Phi) is 26.1. The number of nitrogens with one attached hydrogen (secondary N) is 1. The van der Waals surface area contributed by atoms with Crippen molar-refractivity contribution in [1.82, 2.24) is 10.2 Å². The monoisotopic (exact) mass is 950 g/mol. The zero-order valence-electron chi connectivity index (χ0n) is 43.6. The van der Waals surface area contributed by atoms with Crippen molar-refractivity contribution in [3.63, 3.8) is 0 Å². The van der Waals surface area contributed by atoms with Crippen molar-refractivity contribution >= 4 is 17.7 Å². The molecule has 386 valence electrons. The van der Waals surface area contributed by atoms with Gasteiger partial charge in [0.1, 0.15) is 23.1 Å². The standard InChI is InChI=1S/C57H95N3O8/c1-8-11-13-15-17-19-21-23-25-29-37-58-55(64)66-45-35-36-50-48(42-45)53-46(33-28-31-39-62)44(32-27-30-38-61)41-47-49(59-68-56(4,5)6)43-51(57(67-50,54(47)53)65-40-10-3)60(7)52(63)34-26-24-22-20-18-16-14-12-9-2/h10,35-36,41-42,44,46,51,53-54,61-62H,3,8-9,11-34,37-40,43H2,1-2,4-7H3,(H,58,64)/t44-,46+,51-,53+,54+,57+/m0/s1. The summed E-state index contributed by atoms with van der Waals surface area (Å²) in [5.74, 6) is -0.686. The maximum absolute atomic E-state index is 14.4. The van der Waals surface area contributed by atoms with Gasteiger partial charge in [0.2, 0.25) is 11.7 Å². The molecule has 1 fully saturated rings. The van der Waals surface area contributed by atoms with Gasteiger partial charge < -0.3 is 39.5 Å². The van der Waals surface area contributed by atoms with Crippen molar-refractivity contribution in [3.8, 4) is 11.5 Å². The first-order chi connectivity index (χ1) is 32.9. The SMILES string of the molecule is C=CCO[C@@]12Oc3ccc(OC(=O)NCCCCCCCCCCCC)cc3[C@H]3[C@H](CCCCO)[C@@H](CCCCO)C=C(C(=NOC(C)(C)C)C[C@@H]1N(C)C(=O)CCCCCCCCCCC)[C@H]32. The number of allylic oxidation sites excluding steroid dienone is 1. The Morgan fingerprint density at radius 1 is 0.838 bits per heavy atom. The van der Waals surface area contributed by atoms with Crippen LogP contribution in [0.2, 0.25) is 0 Å². The molecule has 11 heteroatoms. The van der Waals surface area contributed by atoms with E-state index in [0.717, 1.165) is 74.6 Å². The van der Waals surface area contributed by atoms with E-state index in [0.29, 0.717) is 43.7 Å². The van der Waals surface area contributed by atoms with Crippen LogP contribution in [0, 0.1) is 17.8 Å². The van der Waals surface area contributed by atoms with Gasteiger partial charge in [-0.25, -0.2) is 4.79 Å². The van der Waals surface area contributed by atoms with Gasteiger partial charge >= 0.3 is 6.09 Å². The van der Waals surface area contributed by atoms with E-state index >= 15 is 0 Å². The summed E-state index contributed by atoms with van der Waals surface area (Å²) in [4.78, 5) is 35.9. The Morgan fingerprint density at radius 3 is 2.01 bits per heavy atom. The van der Waals surface area contributed by atoms with E-state index in [1.54, 1.807) is 12.1 Å². The largest absolute Gasteiger partial charge is 0.459 e. The highest BCUT2D eigenvalue weighted by atomic mass is 16.7. The molecule has 2 aliphatic carbocycles. The highest BCUT2D eigenvalue weighted by molar-refractivity contribution is 6.03. The van der Waals surface area contributed by atoms with E-state index < -0.39 is 29.4 Å². The second kappa shape index (κ2) is 31.0. The average Bonchev–Trinajstić information content (AvgIpc) is 3.32. The number of rotatable bonds is 35. The zero-order valence-corrected chi connectivity index (χ0v) is 43.6. The Morgan fingerprint density at radius 2 is 1.43 bits per heavy atom. The quantitative estimate of drug-likeness (QED) is 0.0347. The molecule has 3 aliphatic rings. The molecular formula is C57H95N3O8. The minimum Gasteiger partial charge on any atom is -0.459 e. The summed E-state index contributed by atoms with van der Waals surface area (Å²) < 4.78 is 20.4. The number of nitrogens with zero attached hydrogens (tertiary/aromatic N) is 2. The van der Waals surface area contributed by atoms with Crippen molar-refractivity contribution in [1.29, 1.82) is 0 Å². The first kappa shape index (κ1) is 57.2.